The maximum atomic E-state index is 13.7. The standard InChI is InChI=1S/C30H23F2N3O/c31-24-13-11-23(12-14-24)28-20-29(35(34-28)26-17-15-25(32)16-18-26)30(36)33-27(22-9-5-2-6-10-22)19-21-7-3-1-4-8-21/h1-18,20,27H,19H2,(H,33,36)/t27-/m1/s1. The summed E-state index contributed by atoms with van der Waals surface area (Å²) in [6.07, 6.45) is 0.603. The Morgan fingerprint density at radius 1 is 0.778 bits per heavy atom. The van der Waals surface area contributed by atoms with Crippen molar-refractivity contribution in [2.24, 2.45) is 0 Å². The summed E-state index contributed by atoms with van der Waals surface area (Å²) in [7, 11) is 0. The summed E-state index contributed by atoms with van der Waals surface area (Å²) in [6, 6.07) is 32.8. The van der Waals surface area contributed by atoms with Crippen molar-refractivity contribution in [1.82, 2.24) is 15.1 Å². The highest BCUT2D eigenvalue weighted by molar-refractivity contribution is 5.94. The van der Waals surface area contributed by atoms with Crippen LogP contribution in [0, 0.1) is 11.6 Å². The van der Waals surface area contributed by atoms with Crippen LogP contribution >= 0.6 is 0 Å². The summed E-state index contributed by atoms with van der Waals surface area (Å²) >= 11 is 0. The first-order valence-corrected chi connectivity index (χ1v) is 11.6. The molecule has 0 radical (unpaired) electrons. The number of aromatic nitrogens is 2. The Balaban J connectivity index is 1.52. The highest BCUT2D eigenvalue weighted by Gasteiger charge is 2.22. The van der Waals surface area contributed by atoms with Gasteiger partial charge in [-0.1, -0.05) is 60.7 Å². The van der Waals surface area contributed by atoms with Gasteiger partial charge in [-0.15, -0.1) is 0 Å². The lowest BCUT2D eigenvalue weighted by molar-refractivity contribution is 0.0928. The van der Waals surface area contributed by atoms with E-state index < -0.39 is 0 Å². The van der Waals surface area contributed by atoms with Crippen molar-refractivity contribution in [2.45, 2.75) is 12.5 Å². The van der Waals surface area contributed by atoms with E-state index in [4.69, 9.17) is 0 Å². The molecule has 0 spiro atoms. The Morgan fingerprint density at radius 2 is 1.36 bits per heavy atom. The van der Waals surface area contributed by atoms with E-state index in [1.165, 1.54) is 28.9 Å². The van der Waals surface area contributed by atoms with Crippen LogP contribution in [0.4, 0.5) is 8.78 Å². The smallest absolute Gasteiger partial charge is 0.270 e. The van der Waals surface area contributed by atoms with E-state index in [2.05, 4.69) is 10.4 Å². The van der Waals surface area contributed by atoms with Gasteiger partial charge in [0.25, 0.3) is 5.91 Å². The SMILES string of the molecule is O=C(N[C@H](Cc1ccccc1)c1ccccc1)c1cc(-c2ccc(F)cc2)nn1-c1ccc(F)cc1. The van der Waals surface area contributed by atoms with E-state index in [1.807, 2.05) is 60.7 Å². The highest BCUT2D eigenvalue weighted by Crippen LogP contribution is 2.24. The first kappa shape index (κ1) is 23.2. The molecule has 6 heteroatoms. The van der Waals surface area contributed by atoms with Crippen molar-refractivity contribution in [1.29, 1.82) is 0 Å². The molecule has 36 heavy (non-hydrogen) atoms. The minimum Gasteiger partial charge on any atom is -0.344 e. The van der Waals surface area contributed by atoms with E-state index >= 15 is 0 Å². The van der Waals surface area contributed by atoms with Crippen molar-refractivity contribution >= 4 is 5.91 Å². The van der Waals surface area contributed by atoms with Crippen LogP contribution in [0.2, 0.25) is 0 Å². The lowest BCUT2D eigenvalue weighted by Crippen LogP contribution is -2.31. The zero-order valence-corrected chi connectivity index (χ0v) is 19.3. The molecule has 1 N–H and O–H groups in total. The number of hydrogen-bond donors (Lipinski definition) is 1. The zero-order valence-electron chi connectivity index (χ0n) is 19.3. The average molecular weight is 480 g/mol. The summed E-state index contributed by atoms with van der Waals surface area (Å²) in [4.78, 5) is 13.7. The molecule has 5 aromatic rings. The third kappa shape index (κ3) is 5.23. The van der Waals surface area contributed by atoms with Gasteiger partial charge in [0, 0.05) is 5.56 Å². The second kappa shape index (κ2) is 10.4. The van der Waals surface area contributed by atoms with Gasteiger partial charge in [0.1, 0.15) is 17.3 Å². The van der Waals surface area contributed by atoms with Crippen LogP contribution in [-0.4, -0.2) is 15.7 Å². The lowest BCUT2D eigenvalue weighted by Gasteiger charge is -2.20. The van der Waals surface area contributed by atoms with Gasteiger partial charge < -0.3 is 5.32 Å². The monoisotopic (exact) mass is 479 g/mol. The highest BCUT2D eigenvalue weighted by atomic mass is 19.1. The third-order valence-corrected chi connectivity index (χ3v) is 5.94. The molecule has 0 bridgehead atoms. The van der Waals surface area contributed by atoms with Crippen LogP contribution in [0.25, 0.3) is 16.9 Å². The molecule has 0 aliphatic rings. The summed E-state index contributed by atoms with van der Waals surface area (Å²) in [6.45, 7) is 0. The second-order valence-corrected chi connectivity index (χ2v) is 8.44. The molecule has 0 saturated heterocycles. The molecular formula is C30H23F2N3O. The van der Waals surface area contributed by atoms with Crippen molar-refractivity contribution in [3.05, 3.63) is 144 Å². The maximum Gasteiger partial charge on any atom is 0.270 e. The number of amides is 1. The lowest BCUT2D eigenvalue weighted by atomic mass is 9.98. The molecule has 178 valence electrons. The molecule has 1 heterocycles. The molecular weight excluding hydrogens is 456 g/mol. The van der Waals surface area contributed by atoms with Gasteiger partial charge in [-0.3, -0.25) is 4.79 Å². The molecule has 4 aromatic carbocycles. The number of carbonyl (C=O) groups excluding carboxylic acids is 1. The predicted octanol–water partition coefficient (Wildman–Crippen LogP) is 6.53. The van der Waals surface area contributed by atoms with Gasteiger partial charge in [-0.25, -0.2) is 13.5 Å². The molecule has 0 fully saturated rings. The number of carbonyl (C=O) groups is 1. The average Bonchev–Trinajstić information content (AvgIpc) is 3.36. The van der Waals surface area contributed by atoms with E-state index in [0.29, 0.717) is 23.4 Å². The first-order valence-electron chi connectivity index (χ1n) is 11.6. The van der Waals surface area contributed by atoms with Crippen LogP contribution in [-0.2, 0) is 6.42 Å². The summed E-state index contributed by atoms with van der Waals surface area (Å²) < 4.78 is 28.6. The van der Waals surface area contributed by atoms with Crippen LogP contribution in [0.15, 0.2) is 115 Å². The predicted molar refractivity (Wildman–Crippen MR) is 136 cm³/mol. The fourth-order valence-corrected chi connectivity index (χ4v) is 4.10. The van der Waals surface area contributed by atoms with Crippen molar-refractivity contribution in [3.63, 3.8) is 0 Å². The summed E-state index contributed by atoms with van der Waals surface area (Å²) in [5.41, 5.74) is 4.05. The molecule has 1 aromatic heterocycles. The zero-order chi connectivity index (χ0) is 24.9. The van der Waals surface area contributed by atoms with Gasteiger partial charge >= 0.3 is 0 Å². The number of rotatable bonds is 7. The number of benzene rings is 4. The fourth-order valence-electron chi connectivity index (χ4n) is 4.10. The quantitative estimate of drug-likeness (QED) is 0.288. The Hall–Kier alpha value is -4.58. The molecule has 1 atom stereocenters. The molecule has 1 amide bonds. The Morgan fingerprint density at radius 3 is 2.00 bits per heavy atom. The largest absolute Gasteiger partial charge is 0.344 e. The topological polar surface area (TPSA) is 46.9 Å². The van der Waals surface area contributed by atoms with Gasteiger partial charge in [0.05, 0.1) is 17.4 Å². The molecule has 5 rings (SSSR count). The van der Waals surface area contributed by atoms with E-state index in [-0.39, 0.29) is 29.3 Å². The van der Waals surface area contributed by atoms with E-state index in [1.54, 1.807) is 30.3 Å². The molecule has 4 nitrogen and oxygen atoms in total. The van der Waals surface area contributed by atoms with Crippen molar-refractivity contribution in [2.75, 3.05) is 0 Å². The minimum absolute atomic E-state index is 0.285. The van der Waals surface area contributed by atoms with E-state index in [0.717, 1.165) is 11.1 Å². The van der Waals surface area contributed by atoms with Crippen molar-refractivity contribution < 1.29 is 13.6 Å². The Kier molecular flexibility index (Phi) is 6.67. The fraction of sp³-hybridized carbons (Fsp3) is 0.0667. The van der Waals surface area contributed by atoms with Gasteiger partial charge in [-0.2, -0.15) is 5.10 Å². The number of nitrogens with zero attached hydrogens (tertiary/aromatic N) is 2. The van der Waals surface area contributed by atoms with Crippen molar-refractivity contribution in [3.8, 4) is 16.9 Å². The summed E-state index contributed by atoms with van der Waals surface area (Å²) in [5.74, 6) is -1.08. The Bertz CT molecular complexity index is 1450. The number of nitrogens with one attached hydrogen (secondary N) is 1. The molecule has 0 aliphatic heterocycles. The number of hydrogen-bond acceptors (Lipinski definition) is 2. The van der Waals surface area contributed by atoms with Gasteiger partial charge in [-0.05, 0) is 72.1 Å². The number of halogens is 2. The first-order chi connectivity index (χ1) is 17.6. The van der Waals surface area contributed by atoms with Crippen LogP contribution in [0.5, 0.6) is 0 Å². The van der Waals surface area contributed by atoms with Gasteiger partial charge in [0.15, 0.2) is 0 Å². The summed E-state index contributed by atoms with van der Waals surface area (Å²) in [5, 5.41) is 7.77. The molecule has 0 aliphatic carbocycles. The third-order valence-electron chi connectivity index (χ3n) is 5.94. The normalized spacial score (nSPS) is 11.7. The van der Waals surface area contributed by atoms with Crippen LogP contribution in [0.1, 0.15) is 27.7 Å². The van der Waals surface area contributed by atoms with Crippen LogP contribution in [0.3, 0.4) is 0 Å². The second-order valence-electron chi connectivity index (χ2n) is 8.44. The van der Waals surface area contributed by atoms with Crippen LogP contribution < -0.4 is 5.32 Å². The maximum absolute atomic E-state index is 13.7. The van der Waals surface area contributed by atoms with E-state index in [9.17, 15) is 13.6 Å². The molecule has 0 unspecified atom stereocenters. The minimum atomic E-state index is -0.386. The molecule has 0 saturated carbocycles. The van der Waals surface area contributed by atoms with Gasteiger partial charge in [0.2, 0.25) is 0 Å². The Labute approximate surface area is 207 Å².